The summed E-state index contributed by atoms with van der Waals surface area (Å²) < 4.78 is 0. The van der Waals surface area contributed by atoms with Crippen molar-refractivity contribution in [1.82, 2.24) is 5.32 Å². The summed E-state index contributed by atoms with van der Waals surface area (Å²) in [5.41, 5.74) is 7.56. The Morgan fingerprint density at radius 3 is 2.85 bits per heavy atom. The van der Waals surface area contributed by atoms with E-state index in [-0.39, 0.29) is 12.5 Å². The fourth-order valence-corrected chi connectivity index (χ4v) is 3.89. The molecule has 3 N–H and O–H groups in total. The van der Waals surface area contributed by atoms with Gasteiger partial charge in [0.2, 0.25) is 5.91 Å². The molecule has 2 aromatic carbocycles. The van der Waals surface area contributed by atoms with Crippen LogP contribution in [0.3, 0.4) is 0 Å². The minimum atomic E-state index is 0.00785. The Kier molecular flexibility index (Phi) is 6.17. The number of rotatable bonds is 6. The Labute approximate surface area is 162 Å². The summed E-state index contributed by atoms with van der Waals surface area (Å²) in [6.07, 6.45) is 1.98. The quantitative estimate of drug-likeness (QED) is 0.683. The van der Waals surface area contributed by atoms with Crippen molar-refractivity contribution in [1.29, 1.82) is 0 Å². The average Bonchev–Trinajstić information content (AvgIpc) is 2.64. The average molecular weight is 367 g/mol. The largest absolute Gasteiger partial charge is 0.396 e. The molecule has 2 aromatic rings. The normalized spacial score (nSPS) is 18.5. The molecule has 0 bridgehead atoms. The van der Waals surface area contributed by atoms with Crippen LogP contribution in [0.5, 0.6) is 0 Å². The number of hydrogen-bond donors (Lipinski definition) is 3. The van der Waals surface area contributed by atoms with Gasteiger partial charge < -0.3 is 15.7 Å². The van der Waals surface area contributed by atoms with E-state index in [9.17, 15) is 4.79 Å². The predicted octanol–water partition coefficient (Wildman–Crippen LogP) is 3.69. The van der Waals surface area contributed by atoms with Gasteiger partial charge in [-0.15, -0.1) is 0 Å². The first-order valence-corrected chi connectivity index (χ1v) is 9.81. The van der Waals surface area contributed by atoms with Crippen molar-refractivity contribution in [2.75, 3.05) is 18.5 Å². The van der Waals surface area contributed by atoms with Gasteiger partial charge in [-0.05, 0) is 66.5 Å². The second-order valence-corrected chi connectivity index (χ2v) is 7.69. The van der Waals surface area contributed by atoms with Crippen LogP contribution in [0.4, 0.5) is 5.69 Å². The molecule has 0 aromatic heterocycles. The highest BCUT2D eigenvalue weighted by Crippen LogP contribution is 2.38. The van der Waals surface area contributed by atoms with Gasteiger partial charge in [0.05, 0.1) is 12.5 Å². The predicted molar refractivity (Wildman–Crippen MR) is 110 cm³/mol. The van der Waals surface area contributed by atoms with E-state index < -0.39 is 0 Å². The van der Waals surface area contributed by atoms with E-state index in [0.717, 1.165) is 12.0 Å². The van der Waals surface area contributed by atoms with Gasteiger partial charge in [-0.25, -0.2) is 0 Å². The zero-order chi connectivity index (χ0) is 19.4. The maximum absolute atomic E-state index is 12.0. The molecule has 0 saturated heterocycles. The first kappa shape index (κ1) is 19.4. The van der Waals surface area contributed by atoms with E-state index in [1.807, 2.05) is 6.07 Å². The van der Waals surface area contributed by atoms with Crippen molar-refractivity contribution in [3.63, 3.8) is 0 Å². The molecule has 0 radical (unpaired) electrons. The van der Waals surface area contributed by atoms with Gasteiger partial charge in [-0.2, -0.15) is 0 Å². The summed E-state index contributed by atoms with van der Waals surface area (Å²) in [4.78, 5) is 12.0. The Hall–Kier alpha value is -2.33. The number of amides is 1. The van der Waals surface area contributed by atoms with Crippen LogP contribution in [0.25, 0.3) is 0 Å². The van der Waals surface area contributed by atoms with E-state index in [0.29, 0.717) is 31.3 Å². The standard InChI is InChI=1S/C23H30N2O2/c1-15-6-4-7-20(17(15)3)23-16(2)12-19-13-18(8-9-21(19)25-23)14-22(27)24-10-5-11-26/h4,6-9,13,16,23,25-26H,5,10-12,14H2,1-3H3,(H,24,27)/t16?,23-/m0/s1. The molecule has 2 atom stereocenters. The topological polar surface area (TPSA) is 61.4 Å². The van der Waals surface area contributed by atoms with E-state index >= 15 is 0 Å². The van der Waals surface area contributed by atoms with Crippen molar-refractivity contribution in [3.05, 3.63) is 64.2 Å². The number of anilines is 1. The number of fused-ring (bicyclic) bond motifs is 1. The molecule has 3 rings (SSSR count). The van der Waals surface area contributed by atoms with Crippen LogP contribution in [-0.2, 0) is 17.6 Å². The summed E-state index contributed by atoms with van der Waals surface area (Å²) in [6.45, 7) is 7.28. The van der Waals surface area contributed by atoms with Crippen LogP contribution in [0, 0.1) is 19.8 Å². The lowest BCUT2D eigenvalue weighted by Crippen LogP contribution is -2.28. The fraction of sp³-hybridized carbons (Fsp3) is 0.435. The molecule has 1 heterocycles. The third kappa shape index (κ3) is 4.51. The fourth-order valence-electron chi connectivity index (χ4n) is 3.89. The zero-order valence-electron chi connectivity index (χ0n) is 16.5. The summed E-state index contributed by atoms with van der Waals surface area (Å²) >= 11 is 0. The highest BCUT2D eigenvalue weighted by Gasteiger charge is 2.27. The molecular formula is C23H30N2O2. The number of aliphatic hydroxyl groups is 1. The lowest BCUT2D eigenvalue weighted by Gasteiger charge is -2.34. The van der Waals surface area contributed by atoms with E-state index in [1.54, 1.807) is 0 Å². The van der Waals surface area contributed by atoms with E-state index in [2.05, 4.69) is 61.7 Å². The third-order valence-electron chi connectivity index (χ3n) is 5.59. The Bertz CT molecular complexity index is 816. The third-order valence-corrected chi connectivity index (χ3v) is 5.59. The first-order valence-electron chi connectivity index (χ1n) is 9.81. The molecule has 0 fully saturated rings. The smallest absolute Gasteiger partial charge is 0.224 e. The van der Waals surface area contributed by atoms with Crippen molar-refractivity contribution in [2.45, 2.75) is 46.1 Å². The lowest BCUT2D eigenvalue weighted by atomic mass is 9.82. The minimum absolute atomic E-state index is 0.00785. The van der Waals surface area contributed by atoms with Gasteiger partial charge in [0.15, 0.2) is 0 Å². The zero-order valence-corrected chi connectivity index (χ0v) is 16.5. The molecule has 0 aliphatic carbocycles. The number of carbonyl (C=O) groups is 1. The van der Waals surface area contributed by atoms with Crippen LogP contribution in [-0.4, -0.2) is 24.2 Å². The lowest BCUT2D eigenvalue weighted by molar-refractivity contribution is -0.120. The number of aryl methyl sites for hydroxylation is 1. The van der Waals surface area contributed by atoms with Crippen LogP contribution >= 0.6 is 0 Å². The number of nitrogens with one attached hydrogen (secondary N) is 2. The molecule has 1 unspecified atom stereocenters. The Balaban J connectivity index is 1.73. The Morgan fingerprint density at radius 2 is 2.07 bits per heavy atom. The Morgan fingerprint density at radius 1 is 1.26 bits per heavy atom. The second-order valence-electron chi connectivity index (χ2n) is 7.69. The number of hydrogen-bond acceptors (Lipinski definition) is 3. The van der Waals surface area contributed by atoms with Gasteiger partial charge in [-0.1, -0.05) is 37.3 Å². The van der Waals surface area contributed by atoms with Crippen molar-refractivity contribution < 1.29 is 9.90 Å². The highest BCUT2D eigenvalue weighted by molar-refractivity contribution is 5.78. The molecule has 0 saturated carbocycles. The number of carbonyl (C=O) groups excluding carboxylic acids is 1. The van der Waals surface area contributed by atoms with Crippen molar-refractivity contribution >= 4 is 11.6 Å². The maximum Gasteiger partial charge on any atom is 0.224 e. The molecule has 1 aliphatic heterocycles. The summed E-state index contributed by atoms with van der Waals surface area (Å²) in [5.74, 6) is 0.486. The maximum atomic E-state index is 12.0. The number of aliphatic hydroxyl groups excluding tert-OH is 1. The molecule has 4 nitrogen and oxygen atoms in total. The van der Waals surface area contributed by atoms with Gasteiger partial charge in [0.25, 0.3) is 0 Å². The second kappa shape index (κ2) is 8.57. The van der Waals surface area contributed by atoms with Crippen LogP contribution < -0.4 is 10.6 Å². The van der Waals surface area contributed by atoms with Gasteiger partial charge in [0.1, 0.15) is 0 Å². The summed E-state index contributed by atoms with van der Waals surface area (Å²) in [5, 5.41) is 15.4. The highest BCUT2D eigenvalue weighted by atomic mass is 16.3. The van der Waals surface area contributed by atoms with E-state index in [1.165, 1.54) is 27.9 Å². The monoisotopic (exact) mass is 366 g/mol. The summed E-state index contributed by atoms with van der Waals surface area (Å²) in [6, 6.07) is 13.1. The first-order chi connectivity index (χ1) is 13.0. The number of benzene rings is 2. The van der Waals surface area contributed by atoms with Gasteiger partial charge in [-0.3, -0.25) is 4.79 Å². The molecule has 1 amide bonds. The molecule has 27 heavy (non-hydrogen) atoms. The minimum Gasteiger partial charge on any atom is -0.396 e. The van der Waals surface area contributed by atoms with Crippen LogP contribution in [0.1, 0.15) is 47.2 Å². The molecule has 1 aliphatic rings. The van der Waals surface area contributed by atoms with Crippen molar-refractivity contribution in [2.24, 2.45) is 5.92 Å². The van der Waals surface area contributed by atoms with Gasteiger partial charge in [0, 0.05) is 18.8 Å². The summed E-state index contributed by atoms with van der Waals surface area (Å²) in [7, 11) is 0. The van der Waals surface area contributed by atoms with Crippen LogP contribution in [0.15, 0.2) is 36.4 Å². The van der Waals surface area contributed by atoms with E-state index in [4.69, 9.17) is 5.11 Å². The van der Waals surface area contributed by atoms with Crippen LogP contribution in [0.2, 0.25) is 0 Å². The van der Waals surface area contributed by atoms with Crippen molar-refractivity contribution in [3.8, 4) is 0 Å². The molecular weight excluding hydrogens is 336 g/mol. The van der Waals surface area contributed by atoms with Gasteiger partial charge >= 0.3 is 0 Å². The molecule has 144 valence electrons. The molecule has 0 spiro atoms. The molecule has 4 heteroatoms. The SMILES string of the molecule is Cc1cccc([C@H]2Nc3ccc(CC(=O)NCCCO)cc3CC2C)c1C.